The standard InChI is InChI=1S/C13H11FN2O2/c1-18-13(17)11-5-6-15-8-12(11)16-10-4-2-3-9(14)7-10/h2-8,16H,1H3. The lowest BCUT2D eigenvalue weighted by Gasteiger charge is -2.09. The van der Waals surface area contributed by atoms with Gasteiger partial charge in [0.25, 0.3) is 0 Å². The molecular weight excluding hydrogens is 235 g/mol. The van der Waals surface area contributed by atoms with Crippen molar-refractivity contribution in [2.45, 2.75) is 0 Å². The highest BCUT2D eigenvalue weighted by Gasteiger charge is 2.11. The van der Waals surface area contributed by atoms with Crippen LogP contribution in [0.5, 0.6) is 0 Å². The number of pyridine rings is 1. The zero-order chi connectivity index (χ0) is 13.0. The van der Waals surface area contributed by atoms with Crippen molar-refractivity contribution < 1.29 is 13.9 Å². The number of anilines is 2. The van der Waals surface area contributed by atoms with Crippen molar-refractivity contribution in [3.05, 3.63) is 54.1 Å². The molecule has 1 aromatic carbocycles. The number of nitrogens with zero attached hydrogens (tertiary/aromatic N) is 1. The van der Waals surface area contributed by atoms with Crippen molar-refractivity contribution in [1.82, 2.24) is 4.98 Å². The molecule has 5 heteroatoms. The summed E-state index contributed by atoms with van der Waals surface area (Å²) in [6.07, 6.45) is 2.97. The Bertz CT molecular complexity index is 572. The average molecular weight is 246 g/mol. The fourth-order valence-electron chi connectivity index (χ4n) is 1.50. The second-order valence-electron chi connectivity index (χ2n) is 3.55. The summed E-state index contributed by atoms with van der Waals surface area (Å²) < 4.78 is 17.7. The van der Waals surface area contributed by atoms with Gasteiger partial charge in [0.05, 0.1) is 24.6 Å². The van der Waals surface area contributed by atoms with Gasteiger partial charge in [-0.05, 0) is 24.3 Å². The van der Waals surface area contributed by atoms with Crippen molar-refractivity contribution in [1.29, 1.82) is 0 Å². The van der Waals surface area contributed by atoms with Gasteiger partial charge in [0.2, 0.25) is 0 Å². The Morgan fingerprint density at radius 2 is 2.22 bits per heavy atom. The molecule has 1 heterocycles. The Kier molecular flexibility index (Phi) is 3.52. The molecule has 18 heavy (non-hydrogen) atoms. The third-order valence-electron chi connectivity index (χ3n) is 2.33. The molecule has 92 valence electrons. The van der Waals surface area contributed by atoms with Crippen LogP contribution < -0.4 is 5.32 Å². The van der Waals surface area contributed by atoms with Crippen LogP contribution in [0, 0.1) is 5.82 Å². The minimum Gasteiger partial charge on any atom is -0.465 e. The summed E-state index contributed by atoms with van der Waals surface area (Å²) in [5.74, 6) is -0.834. The number of ether oxygens (including phenoxy) is 1. The zero-order valence-corrected chi connectivity index (χ0v) is 9.68. The molecule has 0 saturated heterocycles. The van der Waals surface area contributed by atoms with E-state index in [1.54, 1.807) is 12.1 Å². The summed E-state index contributed by atoms with van der Waals surface area (Å²) in [6.45, 7) is 0. The molecule has 0 unspecified atom stereocenters. The van der Waals surface area contributed by atoms with E-state index in [0.29, 0.717) is 16.9 Å². The van der Waals surface area contributed by atoms with E-state index in [1.165, 1.54) is 37.7 Å². The number of carbonyl (C=O) groups excluding carboxylic acids is 1. The van der Waals surface area contributed by atoms with E-state index in [2.05, 4.69) is 15.0 Å². The summed E-state index contributed by atoms with van der Waals surface area (Å²) >= 11 is 0. The van der Waals surface area contributed by atoms with Crippen molar-refractivity contribution in [2.24, 2.45) is 0 Å². The monoisotopic (exact) mass is 246 g/mol. The Balaban J connectivity index is 2.32. The zero-order valence-electron chi connectivity index (χ0n) is 9.68. The number of rotatable bonds is 3. The largest absolute Gasteiger partial charge is 0.465 e. The molecule has 0 spiro atoms. The lowest BCUT2D eigenvalue weighted by Crippen LogP contribution is -2.06. The SMILES string of the molecule is COC(=O)c1ccncc1Nc1cccc(F)c1. The van der Waals surface area contributed by atoms with Crippen molar-refractivity contribution in [3.8, 4) is 0 Å². The van der Waals surface area contributed by atoms with Crippen LogP contribution in [0.1, 0.15) is 10.4 Å². The average Bonchev–Trinajstić information content (AvgIpc) is 2.38. The Labute approximate surface area is 103 Å². The molecule has 1 N–H and O–H groups in total. The van der Waals surface area contributed by atoms with Gasteiger partial charge in [0, 0.05) is 11.9 Å². The number of hydrogen-bond acceptors (Lipinski definition) is 4. The first-order chi connectivity index (χ1) is 8.70. The summed E-state index contributed by atoms with van der Waals surface area (Å²) in [7, 11) is 1.30. The van der Waals surface area contributed by atoms with Crippen LogP contribution in [0.4, 0.5) is 15.8 Å². The number of carbonyl (C=O) groups is 1. The van der Waals surface area contributed by atoms with E-state index in [0.717, 1.165) is 0 Å². The molecule has 0 fully saturated rings. The number of nitrogens with one attached hydrogen (secondary N) is 1. The number of benzene rings is 1. The number of halogens is 1. The maximum absolute atomic E-state index is 13.0. The maximum Gasteiger partial charge on any atom is 0.340 e. The minimum absolute atomic E-state index is 0.344. The molecule has 0 amide bonds. The second-order valence-corrected chi connectivity index (χ2v) is 3.55. The molecule has 0 saturated carbocycles. The molecular formula is C13H11FN2O2. The summed E-state index contributed by atoms with van der Waals surface area (Å²) in [5.41, 5.74) is 1.35. The van der Waals surface area contributed by atoms with E-state index >= 15 is 0 Å². The van der Waals surface area contributed by atoms with Gasteiger partial charge in [0.15, 0.2) is 0 Å². The molecule has 1 aromatic heterocycles. The minimum atomic E-state index is -0.476. The highest BCUT2D eigenvalue weighted by atomic mass is 19.1. The Morgan fingerprint density at radius 1 is 1.39 bits per heavy atom. The third-order valence-corrected chi connectivity index (χ3v) is 2.33. The fraction of sp³-hybridized carbons (Fsp3) is 0.0769. The lowest BCUT2D eigenvalue weighted by atomic mass is 10.2. The predicted octanol–water partition coefficient (Wildman–Crippen LogP) is 2.75. The molecule has 0 radical (unpaired) electrons. The first kappa shape index (κ1) is 12.0. The van der Waals surface area contributed by atoms with Crippen molar-refractivity contribution in [3.63, 3.8) is 0 Å². The van der Waals surface area contributed by atoms with Crippen LogP contribution in [-0.4, -0.2) is 18.1 Å². The van der Waals surface area contributed by atoms with Crippen LogP contribution in [0.3, 0.4) is 0 Å². The normalized spacial score (nSPS) is 9.89. The van der Waals surface area contributed by atoms with Crippen LogP contribution in [0.2, 0.25) is 0 Å². The van der Waals surface area contributed by atoms with Crippen molar-refractivity contribution >= 4 is 17.3 Å². The van der Waals surface area contributed by atoms with Gasteiger partial charge in [-0.25, -0.2) is 9.18 Å². The van der Waals surface area contributed by atoms with Gasteiger partial charge in [0.1, 0.15) is 5.82 Å². The third kappa shape index (κ3) is 2.63. The lowest BCUT2D eigenvalue weighted by molar-refractivity contribution is 0.0602. The van der Waals surface area contributed by atoms with Crippen LogP contribution in [-0.2, 0) is 4.74 Å². The molecule has 2 rings (SSSR count). The number of methoxy groups -OCH3 is 1. The fourth-order valence-corrected chi connectivity index (χ4v) is 1.50. The summed E-state index contributed by atoms with van der Waals surface area (Å²) in [6, 6.07) is 7.47. The van der Waals surface area contributed by atoms with Gasteiger partial charge in [-0.15, -0.1) is 0 Å². The van der Waals surface area contributed by atoms with Gasteiger partial charge in [-0.1, -0.05) is 6.07 Å². The van der Waals surface area contributed by atoms with Gasteiger partial charge < -0.3 is 10.1 Å². The van der Waals surface area contributed by atoms with E-state index in [1.807, 2.05) is 0 Å². The van der Waals surface area contributed by atoms with E-state index < -0.39 is 5.97 Å². The Morgan fingerprint density at radius 3 is 2.94 bits per heavy atom. The van der Waals surface area contributed by atoms with Crippen molar-refractivity contribution in [2.75, 3.05) is 12.4 Å². The van der Waals surface area contributed by atoms with Gasteiger partial charge >= 0.3 is 5.97 Å². The van der Waals surface area contributed by atoms with Crippen LogP contribution in [0.15, 0.2) is 42.7 Å². The predicted molar refractivity (Wildman–Crippen MR) is 65.3 cm³/mol. The number of hydrogen-bond donors (Lipinski definition) is 1. The number of aromatic nitrogens is 1. The van der Waals surface area contributed by atoms with E-state index in [9.17, 15) is 9.18 Å². The molecule has 0 aliphatic rings. The first-order valence-electron chi connectivity index (χ1n) is 5.25. The molecule has 0 bridgehead atoms. The summed E-state index contributed by atoms with van der Waals surface area (Å²) in [4.78, 5) is 15.4. The van der Waals surface area contributed by atoms with E-state index in [4.69, 9.17) is 0 Å². The maximum atomic E-state index is 13.0. The first-order valence-corrected chi connectivity index (χ1v) is 5.25. The topological polar surface area (TPSA) is 51.2 Å². The highest BCUT2D eigenvalue weighted by Crippen LogP contribution is 2.20. The van der Waals surface area contributed by atoms with Gasteiger partial charge in [-0.3, -0.25) is 4.98 Å². The van der Waals surface area contributed by atoms with E-state index in [-0.39, 0.29) is 5.82 Å². The smallest absolute Gasteiger partial charge is 0.340 e. The summed E-state index contributed by atoms with van der Waals surface area (Å²) in [5, 5.41) is 2.93. The quantitative estimate of drug-likeness (QED) is 0.846. The molecule has 4 nitrogen and oxygen atoms in total. The van der Waals surface area contributed by atoms with Crippen LogP contribution in [0.25, 0.3) is 0 Å². The Hall–Kier alpha value is -2.43. The molecule has 0 aliphatic heterocycles. The highest BCUT2D eigenvalue weighted by molar-refractivity contribution is 5.96. The molecule has 2 aromatic rings. The molecule has 0 aliphatic carbocycles. The number of esters is 1. The molecule has 0 atom stereocenters. The second kappa shape index (κ2) is 5.27. The van der Waals surface area contributed by atoms with Gasteiger partial charge in [-0.2, -0.15) is 0 Å². The van der Waals surface area contributed by atoms with Crippen LogP contribution >= 0.6 is 0 Å².